The summed E-state index contributed by atoms with van der Waals surface area (Å²) in [5, 5.41) is 12.5. The highest BCUT2D eigenvalue weighted by Crippen LogP contribution is 2.19. The first kappa shape index (κ1) is 13.3. The van der Waals surface area contributed by atoms with Crippen LogP contribution < -0.4 is 5.32 Å². The van der Waals surface area contributed by atoms with Crippen LogP contribution >= 0.6 is 0 Å². The van der Waals surface area contributed by atoms with Crippen molar-refractivity contribution in [3.05, 3.63) is 47.0 Å². The number of aromatic nitrogens is 3. The van der Waals surface area contributed by atoms with Crippen LogP contribution in [-0.2, 0) is 13.6 Å². The lowest BCUT2D eigenvalue weighted by Gasteiger charge is -2.06. The minimum Gasteiger partial charge on any atom is -0.381 e. The Morgan fingerprint density at radius 1 is 1.33 bits per heavy atom. The average Bonchev–Trinajstić information content (AvgIpc) is 2.97. The molecule has 0 amide bonds. The number of nitrogens with one attached hydrogen (secondary N) is 2. The fourth-order valence-corrected chi connectivity index (χ4v) is 2.49. The molecular formula is C16H17N5. The summed E-state index contributed by atoms with van der Waals surface area (Å²) in [7, 11) is 1.91. The van der Waals surface area contributed by atoms with Crippen LogP contribution in [0.5, 0.6) is 0 Å². The van der Waals surface area contributed by atoms with Gasteiger partial charge in [-0.05, 0) is 43.7 Å². The number of rotatable bonds is 3. The minimum atomic E-state index is 0.684. The summed E-state index contributed by atoms with van der Waals surface area (Å²) < 4.78 is 1.92. The first-order chi connectivity index (χ1) is 10.1. The van der Waals surface area contributed by atoms with E-state index in [2.05, 4.69) is 27.4 Å². The number of benzene rings is 1. The molecule has 2 aromatic heterocycles. The number of fused-ring (bicyclic) bond motifs is 1. The van der Waals surface area contributed by atoms with E-state index in [-0.39, 0.29) is 0 Å². The van der Waals surface area contributed by atoms with E-state index in [1.54, 1.807) is 0 Å². The Morgan fingerprint density at radius 2 is 2.14 bits per heavy atom. The van der Waals surface area contributed by atoms with Gasteiger partial charge in [0.25, 0.3) is 0 Å². The quantitative estimate of drug-likeness (QED) is 0.774. The second-order valence-corrected chi connectivity index (χ2v) is 5.22. The maximum absolute atomic E-state index is 9.06. The Morgan fingerprint density at radius 3 is 2.86 bits per heavy atom. The zero-order chi connectivity index (χ0) is 15.0. The largest absolute Gasteiger partial charge is 0.381 e. The predicted octanol–water partition coefficient (Wildman–Crippen LogP) is 3.00. The van der Waals surface area contributed by atoms with Gasteiger partial charge in [-0.3, -0.25) is 0 Å². The Balaban J connectivity index is 1.81. The Hall–Kier alpha value is -2.74. The van der Waals surface area contributed by atoms with Crippen LogP contribution in [-0.4, -0.2) is 14.5 Å². The van der Waals surface area contributed by atoms with Crippen LogP contribution in [0.4, 0.5) is 5.69 Å². The standard InChI is InChI=1S/C16H17N5/c1-10-12(6-14(8-17)21(10)3)9-18-13-4-5-15-16(7-13)20-11(2)19-15/h4-7,18H,9H2,1-3H3,(H,19,20). The van der Waals surface area contributed by atoms with Crippen LogP contribution in [0.2, 0.25) is 0 Å². The Labute approximate surface area is 123 Å². The summed E-state index contributed by atoms with van der Waals surface area (Å²) in [6.45, 7) is 4.67. The first-order valence-corrected chi connectivity index (χ1v) is 6.84. The zero-order valence-electron chi connectivity index (χ0n) is 12.4. The van der Waals surface area contributed by atoms with Crippen molar-refractivity contribution in [2.24, 2.45) is 7.05 Å². The molecule has 2 heterocycles. The SMILES string of the molecule is Cc1nc2ccc(NCc3cc(C#N)n(C)c3C)cc2[nH]1. The molecule has 0 saturated carbocycles. The first-order valence-electron chi connectivity index (χ1n) is 6.84. The van der Waals surface area contributed by atoms with Gasteiger partial charge in [0.15, 0.2) is 0 Å². The van der Waals surface area contributed by atoms with Crippen molar-refractivity contribution >= 4 is 16.7 Å². The van der Waals surface area contributed by atoms with Crippen molar-refractivity contribution in [1.82, 2.24) is 14.5 Å². The van der Waals surface area contributed by atoms with Crippen molar-refractivity contribution < 1.29 is 0 Å². The fourth-order valence-electron chi connectivity index (χ4n) is 2.49. The average molecular weight is 279 g/mol. The molecule has 2 N–H and O–H groups in total. The lowest BCUT2D eigenvalue weighted by molar-refractivity contribution is 0.856. The van der Waals surface area contributed by atoms with E-state index >= 15 is 0 Å². The molecule has 0 saturated heterocycles. The summed E-state index contributed by atoms with van der Waals surface area (Å²) in [5.41, 5.74) is 5.96. The lowest BCUT2D eigenvalue weighted by atomic mass is 10.2. The van der Waals surface area contributed by atoms with Gasteiger partial charge in [-0.15, -0.1) is 0 Å². The molecule has 0 bridgehead atoms. The number of nitriles is 1. The fraction of sp³-hybridized carbons (Fsp3) is 0.250. The van der Waals surface area contributed by atoms with E-state index in [9.17, 15) is 0 Å². The number of hydrogen-bond acceptors (Lipinski definition) is 3. The van der Waals surface area contributed by atoms with Gasteiger partial charge in [-0.2, -0.15) is 5.26 Å². The van der Waals surface area contributed by atoms with Crippen molar-refractivity contribution in [3.63, 3.8) is 0 Å². The zero-order valence-corrected chi connectivity index (χ0v) is 12.4. The molecule has 106 valence electrons. The monoisotopic (exact) mass is 279 g/mol. The molecule has 0 aliphatic heterocycles. The van der Waals surface area contributed by atoms with Gasteiger partial charge in [0.2, 0.25) is 0 Å². The maximum Gasteiger partial charge on any atom is 0.120 e. The van der Waals surface area contributed by atoms with Gasteiger partial charge >= 0.3 is 0 Å². The Bertz CT molecular complexity index is 848. The second kappa shape index (κ2) is 4.98. The second-order valence-electron chi connectivity index (χ2n) is 5.22. The highest BCUT2D eigenvalue weighted by molar-refractivity contribution is 5.79. The van der Waals surface area contributed by atoms with Crippen molar-refractivity contribution in [1.29, 1.82) is 5.26 Å². The summed E-state index contributed by atoms with van der Waals surface area (Å²) in [5.74, 6) is 0.916. The number of aromatic amines is 1. The van der Waals surface area contributed by atoms with Crippen molar-refractivity contribution in [2.75, 3.05) is 5.32 Å². The van der Waals surface area contributed by atoms with E-state index in [1.165, 1.54) is 0 Å². The van der Waals surface area contributed by atoms with E-state index in [0.717, 1.165) is 33.8 Å². The van der Waals surface area contributed by atoms with Gasteiger partial charge in [-0.25, -0.2) is 4.98 Å². The topological polar surface area (TPSA) is 69.4 Å². The van der Waals surface area contributed by atoms with E-state index in [0.29, 0.717) is 12.2 Å². The number of aryl methyl sites for hydroxylation is 1. The molecule has 5 heteroatoms. The number of hydrogen-bond donors (Lipinski definition) is 2. The van der Waals surface area contributed by atoms with E-state index < -0.39 is 0 Å². The van der Waals surface area contributed by atoms with Crippen molar-refractivity contribution in [3.8, 4) is 6.07 Å². The highest BCUT2D eigenvalue weighted by atomic mass is 15.0. The molecule has 0 radical (unpaired) electrons. The Kier molecular flexibility index (Phi) is 3.15. The molecule has 0 aliphatic carbocycles. The van der Waals surface area contributed by atoms with Crippen LogP contribution in [0.1, 0.15) is 22.8 Å². The molecule has 0 unspecified atom stereocenters. The van der Waals surface area contributed by atoms with Gasteiger partial charge in [0, 0.05) is 25.0 Å². The van der Waals surface area contributed by atoms with Crippen molar-refractivity contribution in [2.45, 2.75) is 20.4 Å². The van der Waals surface area contributed by atoms with Gasteiger partial charge in [-0.1, -0.05) is 0 Å². The summed E-state index contributed by atoms with van der Waals surface area (Å²) in [6.07, 6.45) is 0. The van der Waals surface area contributed by atoms with Gasteiger partial charge in [0.1, 0.15) is 17.6 Å². The van der Waals surface area contributed by atoms with E-state index in [4.69, 9.17) is 5.26 Å². The number of anilines is 1. The van der Waals surface area contributed by atoms with Gasteiger partial charge < -0.3 is 14.9 Å². The molecule has 5 nitrogen and oxygen atoms in total. The molecule has 21 heavy (non-hydrogen) atoms. The normalized spacial score (nSPS) is 10.8. The summed E-state index contributed by atoms with van der Waals surface area (Å²) >= 11 is 0. The number of nitrogens with zero attached hydrogens (tertiary/aromatic N) is 3. The number of H-pyrrole nitrogens is 1. The summed E-state index contributed by atoms with van der Waals surface area (Å²) in [4.78, 5) is 7.62. The molecule has 1 aromatic carbocycles. The molecule has 3 rings (SSSR count). The highest BCUT2D eigenvalue weighted by Gasteiger charge is 2.08. The molecule has 0 aliphatic rings. The van der Waals surface area contributed by atoms with Crippen LogP contribution in [0.25, 0.3) is 11.0 Å². The predicted molar refractivity (Wildman–Crippen MR) is 83.0 cm³/mol. The lowest BCUT2D eigenvalue weighted by Crippen LogP contribution is -2.01. The molecule has 0 fully saturated rings. The summed E-state index contributed by atoms with van der Waals surface area (Å²) in [6, 6.07) is 10.2. The van der Waals surface area contributed by atoms with Gasteiger partial charge in [0.05, 0.1) is 11.0 Å². The third-order valence-corrected chi connectivity index (χ3v) is 3.84. The minimum absolute atomic E-state index is 0.684. The van der Waals surface area contributed by atoms with Crippen LogP contribution in [0.15, 0.2) is 24.3 Å². The third kappa shape index (κ3) is 2.36. The third-order valence-electron chi connectivity index (χ3n) is 3.84. The van der Waals surface area contributed by atoms with E-state index in [1.807, 2.05) is 43.7 Å². The maximum atomic E-state index is 9.06. The number of imidazole rings is 1. The smallest absolute Gasteiger partial charge is 0.120 e. The molecular weight excluding hydrogens is 262 g/mol. The van der Waals surface area contributed by atoms with Crippen LogP contribution in [0.3, 0.4) is 0 Å². The molecule has 3 aromatic rings. The van der Waals surface area contributed by atoms with Crippen LogP contribution in [0, 0.1) is 25.2 Å². The molecule has 0 spiro atoms. The molecule has 0 atom stereocenters.